The van der Waals surface area contributed by atoms with Gasteiger partial charge in [0.2, 0.25) is 0 Å². The van der Waals surface area contributed by atoms with E-state index in [1.165, 1.54) is 27.7 Å². The molecule has 0 aliphatic carbocycles. The van der Waals surface area contributed by atoms with Crippen LogP contribution in [0.1, 0.15) is 48.5 Å². The van der Waals surface area contributed by atoms with Crippen LogP contribution < -0.4 is 5.32 Å². The van der Waals surface area contributed by atoms with E-state index in [9.17, 15) is 31.1 Å². The molecule has 0 aromatic heterocycles. The van der Waals surface area contributed by atoms with Crippen molar-refractivity contribution in [3.8, 4) is 0 Å². The second-order valence-electron chi connectivity index (χ2n) is 11.5. The van der Waals surface area contributed by atoms with Crippen molar-refractivity contribution in [2.75, 3.05) is 65.4 Å². The number of halogens is 6. The van der Waals surface area contributed by atoms with Gasteiger partial charge >= 0.3 is 18.4 Å². The molecule has 2 fully saturated rings. The third kappa shape index (κ3) is 10.7. The van der Waals surface area contributed by atoms with Gasteiger partial charge in [-0.2, -0.15) is 26.3 Å². The maximum Gasteiger partial charge on any atom is 0.410 e. The van der Waals surface area contributed by atoms with Gasteiger partial charge in [0.25, 0.3) is 0 Å². The highest BCUT2D eigenvalue weighted by Crippen LogP contribution is 2.39. The molecule has 0 aromatic carbocycles. The highest BCUT2D eigenvalue weighted by atomic mass is 19.4. The Morgan fingerprint density at radius 3 is 1.40 bits per heavy atom. The lowest BCUT2D eigenvalue weighted by molar-refractivity contribution is -0.217. The summed E-state index contributed by atoms with van der Waals surface area (Å²) in [6.07, 6.45) is -8.75. The van der Waals surface area contributed by atoms with Crippen molar-refractivity contribution in [2.45, 2.75) is 66.4 Å². The quantitative estimate of drug-likeness (QED) is 0.549. The van der Waals surface area contributed by atoms with Gasteiger partial charge in [0, 0.05) is 65.4 Å². The van der Waals surface area contributed by atoms with Gasteiger partial charge in [0.15, 0.2) is 0 Å². The molecule has 0 aromatic rings. The van der Waals surface area contributed by atoms with Crippen LogP contribution in [0.2, 0.25) is 0 Å². The molecule has 0 atom stereocenters. The number of ether oxygens (including phenoxy) is 1. The van der Waals surface area contributed by atoms with Crippen molar-refractivity contribution in [1.29, 1.82) is 0 Å². The van der Waals surface area contributed by atoms with Crippen molar-refractivity contribution in [3.63, 3.8) is 0 Å². The normalized spacial score (nSPS) is 19.7. The van der Waals surface area contributed by atoms with Gasteiger partial charge in [0.1, 0.15) is 5.60 Å². The first-order valence-electron chi connectivity index (χ1n) is 11.9. The fourth-order valence-corrected chi connectivity index (χ4v) is 3.58. The van der Waals surface area contributed by atoms with E-state index in [1.54, 1.807) is 30.6 Å². The molecular formula is C23H42F6N4O2. The van der Waals surface area contributed by atoms with Crippen molar-refractivity contribution >= 4 is 6.09 Å². The summed E-state index contributed by atoms with van der Waals surface area (Å²) in [5.41, 5.74) is -3.92. The molecule has 2 aliphatic rings. The monoisotopic (exact) mass is 520 g/mol. The summed E-state index contributed by atoms with van der Waals surface area (Å²) in [4.78, 5) is 17.0. The average Bonchev–Trinajstić information content (AvgIpc) is 2.66. The molecule has 0 spiro atoms. The molecule has 2 heterocycles. The first-order valence-corrected chi connectivity index (χ1v) is 11.9. The second-order valence-corrected chi connectivity index (χ2v) is 11.5. The number of hydrogen-bond donors (Lipinski definition) is 1. The number of carbonyl (C=O) groups excluding carboxylic acids is 1. The summed E-state index contributed by atoms with van der Waals surface area (Å²) in [5, 5.41) is 3.12. The predicted molar refractivity (Wildman–Crippen MR) is 123 cm³/mol. The Kier molecular flexibility index (Phi) is 10.8. The van der Waals surface area contributed by atoms with Crippen LogP contribution in [-0.4, -0.2) is 104 Å². The van der Waals surface area contributed by atoms with E-state index in [2.05, 4.69) is 5.32 Å². The van der Waals surface area contributed by atoms with Gasteiger partial charge in [-0.25, -0.2) is 4.79 Å². The minimum atomic E-state index is -4.23. The van der Waals surface area contributed by atoms with Crippen LogP contribution in [0.5, 0.6) is 0 Å². The van der Waals surface area contributed by atoms with Gasteiger partial charge in [0.05, 0.1) is 10.8 Å². The Balaban J connectivity index is 0.000000379. The Labute approximate surface area is 205 Å². The third-order valence-corrected chi connectivity index (χ3v) is 6.01. The van der Waals surface area contributed by atoms with Crippen LogP contribution in [-0.2, 0) is 4.74 Å². The van der Waals surface area contributed by atoms with E-state index in [0.29, 0.717) is 39.3 Å². The lowest BCUT2D eigenvalue weighted by Gasteiger charge is -2.39. The molecule has 1 N–H and O–H groups in total. The minimum Gasteiger partial charge on any atom is -0.444 e. The standard InChI is InChI=1S/C14H25F3N2O2.C9H17F3N2/c1-12(2,3)21-11(20)19-8-6-18(7-9-19)10-13(4,5)14(15,16)17;1-8(2,9(10,11)12)7-14-5-3-13-4-6-14/h6-10H2,1-5H3;13H,3-7H2,1-2H3. The van der Waals surface area contributed by atoms with Crippen LogP contribution in [0.15, 0.2) is 0 Å². The van der Waals surface area contributed by atoms with E-state index >= 15 is 0 Å². The Hall–Kier alpha value is -1.27. The molecule has 0 bridgehead atoms. The van der Waals surface area contributed by atoms with Crippen LogP contribution in [0, 0.1) is 10.8 Å². The lowest BCUT2D eigenvalue weighted by atomic mass is 9.91. The van der Waals surface area contributed by atoms with E-state index < -0.39 is 34.9 Å². The zero-order chi connectivity index (χ0) is 27.3. The van der Waals surface area contributed by atoms with Crippen molar-refractivity contribution in [1.82, 2.24) is 20.0 Å². The minimum absolute atomic E-state index is 0.0569. The van der Waals surface area contributed by atoms with Gasteiger partial charge in [-0.05, 0) is 48.5 Å². The van der Waals surface area contributed by atoms with Crippen molar-refractivity contribution in [2.24, 2.45) is 10.8 Å². The Bertz CT molecular complexity index is 660. The smallest absolute Gasteiger partial charge is 0.410 e. The number of nitrogens with one attached hydrogen (secondary N) is 1. The van der Waals surface area contributed by atoms with Crippen molar-refractivity contribution < 1.29 is 35.9 Å². The summed E-state index contributed by atoms with van der Waals surface area (Å²) in [5.74, 6) is 0. The molecule has 2 rings (SSSR count). The summed E-state index contributed by atoms with van der Waals surface area (Å²) in [6.45, 7) is 14.9. The molecule has 208 valence electrons. The molecule has 2 aliphatic heterocycles. The predicted octanol–water partition coefficient (Wildman–Crippen LogP) is 4.61. The number of hydrogen-bond acceptors (Lipinski definition) is 5. The Morgan fingerprint density at radius 1 is 0.686 bits per heavy atom. The molecule has 0 saturated carbocycles. The first kappa shape index (κ1) is 31.8. The van der Waals surface area contributed by atoms with Gasteiger partial charge < -0.3 is 15.0 Å². The van der Waals surface area contributed by atoms with Crippen LogP contribution in [0.4, 0.5) is 31.1 Å². The summed E-state index contributed by atoms with van der Waals surface area (Å²) in [6, 6.07) is 0. The van der Waals surface area contributed by atoms with Crippen LogP contribution in [0.3, 0.4) is 0 Å². The topological polar surface area (TPSA) is 48.1 Å². The number of piperazine rings is 2. The fraction of sp³-hybridized carbons (Fsp3) is 0.957. The molecule has 0 unspecified atom stereocenters. The SMILES string of the molecule is CC(C)(C)OC(=O)N1CCN(CC(C)(C)C(F)(F)F)CC1.CC(C)(CN1CCNCC1)C(F)(F)F. The van der Waals surface area contributed by atoms with Crippen LogP contribution >= 0.6 is 0 Å². The first-order chi connectivity index (χ1) is 15.6. The van der Waals surface area contributed by atoms with Gasteiger partial charge in [-0.3, -0.25) is 9.80 Å². The highest BCUT2D eigenvalue weighted by molar-refractivity contribution is 5.68. The Morgan fingerprint density at radius 2 is 1.06 bits per heavy atom. The summed E-state index contributed by atoms with van der Waals surface area (Å²) >= 11 is 0. The molecule has 35 heavy (non-hydrogen) atoms. The fourth-order valence-electron chi connectivity index (χ4n) is 3.58. The van der Waals surface area contributed by atoms with Gasteiger partial charge in [-0.15, -0.1) is 0 Å². The van der Waals surface area contributed by atoms with E-state index in [0.717, 1.165) is 13.1 Å². The number of alkyl halides is 6. The molecule has 6 nitrogen and oxygen atoms in total. The zero-order valence-electron chi connectivity index (χ0n) is 22.0. The number of nitrogens with zero attached hydrogens (tertiary/aromatic N) is 3. The molecule has 12 heteroatoms. The zero-order valence-corrected chi connectivity index (χ0v) is 22.0. The molecular weight excluding hydrogens is 478 g/mol. The molecule has 1 amide bonds. The van der Waals surface area contributed by atoms with Gasteiger partial charge in [-0.1, -0.05) is 0 Å². The van der Waals surface area contributed by atoms with Crippen LogP contribution in [0.25, 0.3) is 0 Å². The maximum absolute atomic E-state index is 12.9. The lowest BCUT2D eigenvalue weighted by Crippen LogP contribution is -2.53. The van der Waals surface area contributed by atoms with Crippen molar-refractivity contribution in [3.05, 3.63) is 0 Å². The third-order valence-electron chi connectivity index (χ3n) is 6.01. The largest absolute Gasteiger partial charge is 0.444 e. The summed E-state index contributed by atoms with van der Waals surface area (Å²) in [7, 11) is 0. The maximum atomic E-state index is 12.9. The number of carbonyl (C=O) groups is 1. The molecule has 0 radical (unpaired) electrons. The summed E-state index contributed by atoms with van der Waals surface area (Å²) < 4.78 is 81.5. The van der Waals surface area contributed by atoms with E-state index in [1.807, 2.05) is 4.90 Å². The number of rotatable bonds is 4. The average molecular weight is 521 g/mol. The van der Waals surface area contributed by atoms with E-state index in [4.69, 9.17) is 4.74 Å². The second kappa shape index (κ2) is 11.9. The number of amides is 1. The van der Waals surface area contributed by atoms with E-state index in [-0.39, 0.29) is 13.1 Å². The molecule has 2 saturated heterocycles. The highest BCUT2D eigenvalue weighted by Gasteiger charge is 2.49.